The van der Waals surface area contributed by atoms with Gasteiger partial charge in [-0.25, -0.2) is 4.79 Å². The van der Waals surface area contributed by atoms with Crippen LogP contribution in [0.1, 0.15) is 48.4 Å². The first-order valence-corrected chi connectivity index (χ1v) is 10.9. The molecule has 1 unspecified atom stereocenters. The Morgan fingerprint density at radius 1 is 1.24 bits per heavy atom. The summed E-state index contributed by atoms with van der Waals surface area (Å²) in [6.07, 6.45) is 3.88. The molecular weight excluding hydrogens is 386 g/mol. The first kappa shape index (κ1) is 20.1. The number of ether oxygens (including phenoxy) is 2. The molecule has 1 aliphatic heterocycles. The maximum atomic E-state index is 12.8. The van der Waals surface area contributed by atoms with Gasteiger partial charge in [-0.3, -0.25) is 9.88 Å². The van der Waals surface area contributed by atoms with Crippen molar-refractivity contribution in [1.29, 1.82) is 0 Å². The van der Waals surface area contributed by atoms with Crippen molar-refractivity contribution in [3.63, 3.8) is 0 Å². The summed E-state index contributed by atoms with van der Waals surface area (Å²) < 4.78 is 13.3. The van der Waals surface area contributed by atoms with Crippen LogP contribution in [0.5, 0.6) is 0 Å². The molecule has 0 radical (unpaired) electrons. The molecular formula is C22H27N3O3S. The van der Waals surface area contributed by atoms with Gasteiger partial charge in [0.15, 0.2) is 0 Å². The van der Waals surface area contributed by atoms with Crippen molar-refractivity contribution < 1.29 is 14.3 Å². The Balaban J connectivity index is 1.86. The molecule has 4 rings (SSSR count). The van der Waals surface area contributed by atoms with E-state index >= 15 is 0 Å². The van der Waals surface area contributed by atoms with Crippen LogP contribution in [0.25, 0.3) is 16.0 Å². The Hall–Kier alpha value is -2.22. The molecule has 154 valence electrons. The molecule has 0 bridgehead atoms. The van der Waals surface area contributed by atoms with Gasteiger partial charge in [-0.2, -0.15) is 0 Å². The number of hydrogen-bond donors (Lipinski definition) is 0. The third-order valence-electron chi connectivity index (χ3n) is 5.46. The van der Waals surface area contributed by atoms with Crippen molar-refractivity contribution in [2.24, 2.45) is 0 Å². The average Bonchev–Trinajstić information content (AvgIpc) is 3.36. The maximum absolute atomic E-state index is 12.8. The number of pyridine rings is 1. The minimum Gasteiger partial charge on any atom is -0.459 e. The number of hydrogen-bond acceptors (Lipinski definition) is 6. The van der Waals surface area contributed by atoms with Gasteiger partial charge in [0, 0.05) is 48.3 Å². The van der Waals surface area contributed by atoms with Gasteiger partial charge in [0.2, 0.25) is 0 Å². The number of aromatic nitrogens is 2. The zero-order chi connectivity index (χ0) is 20.5. The van der Waals surface area contributed by atoms with Crippen LogP contribution in [-0.4, -0.2) is 52.7 Å². The lowest BCUT2D eigenvalue weighted by Crippen LogP contribution is -2.39. The lowest BCUT2D eigenvalue weighted by atomic mass is 10.0. The number of carbonyl (C=O) groups excluding carboxylic acids is 1. The van der Waals surface area contributed by atoms with Crippen molar-refractivity contribution in [2.45, 2.75) is 39.8 Å². The molecule has 1 saturated heterocycles. The maximum Gasteiger partial charge on any atom is 0.338 e. The summed E-state index contributed by atoms with van der Waals surface area (Å²) in [7, 11) is 0. The molecule has 1 fully saturated rings. The van der Waals surface area contributed by atoms with Crippen LogP contribution in [0.2, 0.25) is 0 Å². The highest BCUT2D eigenvalue weighted by atomic mass is 32.1. The second-order valence-corrected chi connectivity index (χ2v) is 8.62. The number of nitrogens with zero attached hydrogens (tertiary/aromatic N) is 3. The molecule has 1 aliphatic rings. The summed E-state index contributed by atoms with van der Waals surface area (Å²) in [5.41, 5.74) is 6.66. The molecule has 0 saturated carbocycles. The summed E-state index contributed by atoms with van der Waals surface area (Å²) >= 11 is 1.61. The zero-order valence-corrected chi connectivity index (χ0v) is 18.2. The Morgan fingerprint density at radius 3 is 2.66 bits per heavy atom. The molecule has 3 aromatic rings. The fraction of sp³-hybridized carbons (Fsp3) is 0.455. The average molecular weight is 414 g/mol. The summed E-state index contributed by atoms with van der Waals surface area (Å²) in [6, 6.07) is 4.21. The van der Waals surface area contributed by atoms with E-state index in [1.807, 2.05) is 38.5 Å². The van der Waals surface area contributed by atoms with Crippen molar-refractivity contribution in [1.82, 2.24) is 14.3 Å². The van der Waals surface area contributed by atoms with E-state index in [0.717, 1.165) is 53.5 Å². The molecule has 1 atom stereocenters. The molecule has 0 aliphatic carbocycles. The smallest absolute Gasteiger partial charge is 0.338 e. The third-order valence-corrected chi connectivity index (χ3v) is 6.28. The lowest BCUT2D eigenvalue weighted by Gasteiger charge is -2.34. The van der Waals surface area contributed by atoms with E-state index in [9.17, 15) is 4.79 Å². The van der Waals surface area contributed by atoms with Crippen LogP contribution in [0.3, 0.4) is 0 Å². The van der Waals surface area contributed by atoms with Gasteiger partial charge in [0.25, 0.3) is 0 Å². The molecule has 3 aromatic heterocycles. The van der Waals surface area contributed by atoms with Crippen LogP contribution in [0, 0.1) is 6.92 Å². The summed E-state index contributed by atoms with van der Waals surface area (Å²) in [5.74, 6) is -0.268. The Labute approximate surface area is 175 Å². The molecule has 0 aromatic carbocycles. The van der Waals surface area contributed by atoms with E-state index < -0.39 is 0 Å². The van der Waals surface area contributed by atoms with Crippen molar-refractivity contribution in [2.75, 3.05) is 26.3 Å². The highest BCUT2D eigenvalue weighted by Crippen LogP contribution is 2.33. The topological polar surface area (TPSA) is 56.1 Å². The van der Waals surface area contributed by atoms with E-state index in [1.165, 1.54) is 0 Å². The van der Waals surface area contributed by atoms with Crippen molar-refractivity contribution in [3.05, 3.63) is 46.9 Å². The van der Waals surface area contributed by atoms with Gasteiger partial charge in [-0.1, -0.05) is 0 Å². The molecule has 7 heteroatoms. The third kappa shape index (κ3) is 3.95. The largest absolute Gasteiger partial charge is 0.459 e. The number of fused-ring (bicyclic) bond motifs is 1. The molecule has 0 spiro atoms. The molecule has 29 heavy (non-hydrogen) atoms. The van der Waals surface area contributed by atoms with Gasteiger partial charge in [-0.05, 0) is 45.4 Å². The second kappa shape index (κ2) is 8.26. The van der Waals surface area contributed by atoms with E-state index in [1.54, 1.807) is 11.3 Å². The quantitative estimate of drug-likeness (QED) is 0.583. The number of rotatable bonds is 5. The first-order chi connectivity index (χ1) is 14.0. The fourth-order valence-electron chi connectivity index (χ4n) is 4.01. The first-order valence-electron chi connectivity index (χ1n) is 10.0. The summed E-state index contributed by atoms with van der Waals surface area (Å²) in [5, 5.41) is 0. The Bertz CT molecular complexity index is 1000. The van der Waals surface area contributed by atoms with Crippen LogP contribution in [0.4, 0.5) is 0 Å². The summed E-state index contributed by atoms with van der Waals surface area (Å²) in [6.45, 7) is 11.2. The minimum atomic E-state index is -0.268. The van der Waals surface area contributed by atoms with Crippen LogP contribution in [-0.2, 0) is 9.47 Å². The van der Waals surface area contributed by atoms with E-state index in [0.29, 0.717) is 5.56 Å². The highest BCUT2D eigenvalue weighted by Gasteiger charge is 2.26. The SMILES string of the molecule is Cc1c(C(=O)OC(C)C)cc2cc(-c3cncs3)cn2c1C(C)N1CCOCC1. The Morgan fingerprint density at radius 2 is 2.00 bits per heavy atom. The van der Waals surface area contributed by atoms with Crippen molar-refractivity contribution in [3.8, 4) is 10.4 Å². The van der Waals surface area contributed by atoms with Gasteiger partial charge < -0.3 is 13.9 Å². The van der Waals surface area contributed by atoms with Gasteiger partial charge in [0.1, 0.15) is 0 Å². The number of morpholine rings is 1. The monoisotopic (exact) mass is 413 g/mol. The number of thiazole rings is 1. The second-order valence-electron chi connectivity index (χ2n) is 7.74. The molecule has 0 N–H and O–H groups in total. The Kier molecular flexibility index (Phi) is 5.72. The van der Waals surface area contributed by atoms with Gasteiger partial charge >= 0.3 is 5.97 Å². The van der Waals surface area contributed by atoms with Gasteiger partial charge in [0.05, 0.1) is 35.3 Å². The lowest BCUT2D eigenvalue weighted by molar-refractivity contribution is 0.0186. The van der Waals surface area contributed by atoms with Crippen molar-refractivity contribution >= 4 is 22.8 Å². The summed E-state index contributed by atoms with van der Waals surface area (Å²) in [4.78, 5) is 20.6. The molecule has 0 amide bonds. The zero-order valence-electron chi connectivity index (χ0n) is 17.3. The predicted molar refractivity (Wildman–Crippen MR) is 115 cm³/mol. The minimum absolute atomic E-state index is 0.148. The number of esters is 1. The normalized spacial score (nSPS) is 16.4. The molecule has 4 heterocycles. The molecule has 6 nitrogen and oxygen atoms in total. The van der Waals surface area contributed by atoms with E-state index in [4.69, 9.17) is 9.47 Å². The van der Waals surface area contributed by atoms with Gasteiger partial charge in [-0.15, -0.1) is 11.3 Å². The predicted octanol–water partition coefficient (Wildman–Crippen LogP) is 4.33. The van der Waals surface area contributed by atoms with Crippen LogP contribution in [0.15, 0.2) is 30.0 Å². The number of carbonyl (C=O) groups is 1. The highest BCUT2D eigenvalue weighted by molar-refractivity contribution is 7.13. The van der Waals surface area contributed by atoms with Crippen LogP contribution < -0.4 is 0 Å². The van der Waals surface area contributed by atoms with Crippen LogP contribution >= 0.6 is 11.3 Å². The van der Waals surface area contributed by atoms with E-state index in [2.05, 4.69) is 33.5 Å². The van der Waals surface area contributed by atoms with E-state index in [-0.39, 0.29) is 18.1 Å². The standard InChI is InChI=1S/C22H27N3O3S/c1-14(2)28-22(26)19-10-18-9-17(20-11-23-13-29-20)12-25(18)21(15(19)3)16(4)24-5-7-27-8-6-24/h9-14,16H,5-8H2,1-4H3. The fourth-order valence-corrected chi connectivity index (χ4v) is 4.61.